The first kappa shape index (κ1) is 7.14. The van der Waals surface area contributed by atoms with Crippen LogP contribution in [0, 0.1) is 0 Å². The monoisotopic (exact) mass is 111 g/mol. The van der Waals surface area contributed by atoms with Crippen LogP contribution < -0.4 is 5.90 Å². The van der Waals surface area contributed by atoms with Gasteiger partial charge in [0.2, 0.25) is 0 Å². The number of benzene rings is 1. The Labute approximate surface area is 48.5 Å². The Hall–Kier alpha value is -0.860. The zero-order chi connectivity index (χ0) is 6.24. The quantitative estimate of drug-likeness (QED) is 0.491. The van der Waals surface area contributed by atoms with Gasteiger partial charge in [-0.05, 0) is 0 Å². The van der Waals surface area contributed by atoms with Crippen LogP contribution in [0.25, 0.3) is 0 Å². The molecule has 0 saturated heterocycles. The van der Waals surface area contributed by atoms with Crippen molar-refractivity contribution in [2.45, 2.75) is 0 Å². The molecule has 2 heteroatoms. The predicted molar refractivity (Wildman–Crippen MR) is 32.4 cm³/mol. The summed E-state index contributed by atoms with van der Waals surface area (Å²) in [6, 6.07) is 12.0. The Morgan fingerprint density at radius 3 is 0.875 bits per heavy atom. The van der Waals surface area contributed by atoms with E-state index in [0.29, 0.717) is 0 Å². The molecule has 0 heterocycles. The normalized spacial score (nSPS) is 6.75. The largest absolute Gasteiger partial charge is 0.320 e. The van der Waals surface area contributed by atoms with E-state index in [-0.39, 0.29) is 0 Å². The molecule has 0 spiro atoms. The fraction of sp³-hybridized carbons (Fsp3) is 0. The molecule has 0 aromatic heterocycles. The van der Waals surface area contributed by atoms with E-state index in [9.17, 15) is 0 Å². The maximum Gasteiger partial charge on any atom is -0.0623 e. The molecule has 0 aliphatic rings. The first-order chi connectivity index (χ1) is 4.00. The molecule has 1 rings (SSSR count). The average molecular weight is 111 g/mol. The van der Waals surface area contributed by atoms with E-state index in [4.69, 9.17) is 5.21 Å². The Bertz CT molecular complexity index is 80.5. The van der Waals surface area contributed by atoms with Crippen molar-refractivity contribution in [1.29, 1.82) is 0 Å². The Morgan fingerprint density at radius 2 is 0.750 bits per heavy atom. The fourth-order valence-corrected chi connectivity index (χ4v) is 0.385. The third-order valence-corrected chi connectivity index (χ3v) is 0.667. The zero-order valence-corrected chi connectivity index (χ0v) is 4.49. The molecule has 1 aromatic rings. The summed E-state index contributed by atoms with van der Waals surface area (Å²) in [7, 11) is 0. The molecule has 0 unspecified atom stereocenters. The molecule has 0 aliphatic heterocycles. The Balaban J connectivity index is 0.000000222. The van der Waals surface area contributed by atoms with Crippen LogP contribution in [0.15, 0.2) is 36.4 Å². The van der Waals surface area contributed by atoms with E-state index in [2.05, 4.69) is 5.90 Å². The number of rotatable bonds is 0. The molecular formula is C6H9NO. The summed E-state index contributed by atoms with van der Waals surface area (Å²) >= 11 is 0. The first-order valence-electron chi connectivity index (χ1n) is 2.26. The topological polar surface area (TPSA) is 46.2 Å². The third kappa shape index (κ3) is 3.33. The lowest BCUT2D eigenvalue weighted by Gasteiger charge is -1.69. The Kier molecular flexibility index (Phi) is 5.48. The van der Waals surface area contributed by atoms with Gasteiger partial charge in [0.05, 0.1) is 0 Å². The van der Waals surface area contributed by atoms with Gasteiger partial charge in [0.15, 0.2) is 0 Å². The van der Waals surface area contributed by atoms with Crippen molar-refractivity contribution in [3.8, 4) is 0 Å². The molecule has 3 N–H and O–H groups in total. The second-order valence-corrected chi connectivity index (χ2v) is 1.15. The van der Waals surface area contributed by atoms with Crippen LogP contribution >= 0.6 is 0 Å². The lowest BCUT2D eigenvalue weighted by molar-refractivity contribution is 0.311. The molecule has 0 saturated carbocycles. The second-order valence-electron chi connectivity index (χ2n) is 1.15. The van der Waals surface area contributed by atoms with Crippen molar-refractivity contribution in [3.63, 3.8) is 0 Å². The van der Waals surface area contributed by atoms with Crippen LogP contribution in [0.5, 0.6) is 0 Å². The maximum atomic E-state index is 6.50. The van der Waals surface area contributed by atoms with Crippen LogP contribution in [-0.2, 0) is 0 Å². The minimum absolute atomic E-state index is 2.00. The van der Waals surface area contributed by atoms with E-state index in [1.807, 2.05) is 36.4 Å². The van der Waals surface area contributed by atoms with Gasteiger partial charge in [0, 0.05) is 0 Å². The summed E-state index contributed by atoms with van der Waals surface area (Å²) in [4.78, 5) is 0. The van der Waals surface area contributed by atoms with Crippen molar-refractivity contribution in [2.24, 2.45) is 5.90 Å². The molecule has 8 heavy (non-hydrogen) atoms. The SMILES string of the molecule is NO.c1ccccc1. The molecule has 0 aliphatic carbocycles. The van der Waals surface area contributed by atoms with E-state index in [1.165, 1.54) is 0 Å². The zero-order valence-electron chi connectivity index (χ0n) is 4.49. The molecule has 0 fully saturated rings. The van der Waals surface area contributed by atoms with Gasteiger partial charge in [0.1, 0.15) is 0 Å². The van der Waals surface area contributed by atoms with Gasteiger partial charge in [0.25, 0.3) is 0 Å². The second kappa shape index (κ2) is 6.14. The molecule has 0 atom stereocenters. The van der Waals surface area contributed by atoms with Crippen LogP contribution in [0.1, 0.15) is 0 Å². The highest BCUT2D eigenvalue weighted by molar-refractivity contribution is 4.99. The van der Waals surface area contributed by atoms with Crippen molar-refractivity contribution in [1.82, 2.24) is 0 Å². The molecule has 44 valence electrons. The van der Waals surface area contributed by atoms with E-state index < -0.39 is 0 Å². The lowest BCUT2D eigenvalue weighted by Crippen LogP contribution is -1.72. The number of nitrogens with two attached hydrogens (primary N) is 1. The van der Waals surface area contributed by atoms with Crippen LogP contribution in [0.2, 0.25) is 0 Å². The highest BCUT2D eigenvalue weighted by atomic mass is 16.4. The smallest absolute Gasteiger partial charge is 0.0623 e. The van der Waals surface area contributed by atoms with Gasteiger partial charge in [-0.3, -0.25) is 0 Å². The maximum absolute atomic E-state index is 6.50. The van der Waals surface area contributed by atoms with Crippen molar-refractivity contribution in [3.05, 3.63) is 36.4 Å². The number of hydrogen-bond donors (Lipinski definition) is 2. The Morgan fingerprint density at radius 1 is 0.625 bits per heavy atom. The lowest BCUT2D eigenvalue weighted by atomic mass is 10.4. The standard InChI is InChI=1S/C6H6.H3NO/c1-2-4-6-5-3-1;1-2/h1-6H;2H,1H2. The van der Waals surface area contributed by atoms with Crippen molar-refractivity contribution >= 4 is 0 Å². The summed E-state index contributed by atoms with van der Waals surface area (Å²) in [5, 5.41) is 6.50. The third-order valence-electron chi connectivity index (χ3n) is 0.667. The minimum atomic E-state index is 2.00. The number of hydrogen-bond acceptors (Lipinski definition) is 2. The minimum Gasteiger partial charge on any atom is -0.320 e. The summed E-state index contributed by atoms with van der Waals surface area (Å²) < 4.78 is 0. The summed E-state index contributed by atoms with van der Waals surface area (Å²) in [6.45, 7) is 0. The molecule has 1 aromatic carbocycles. The average Bonchev–Trinajstić information content (AvgIpc) is 1.96. The van der Waals surface area contributed by atoms with Gasteiger partial charge >= 0.3 is 0 Å². The molecule has 0 bridgehead atoms. The van der Waals surface area contributed by atoms with E-state index >= 15 is 0 Å². The molecule has 0 amide bonds. The van der Waals surface area contributed by atoms with Crippen molar-refractivity contribution in [2.75, 3.05) is 0 Å². The summed E-state index contributed by atoms with van der Waals surface area (Å²) in [5.41, 5.74) is 0. The highest BCUT2D eigenvalue weighted by Gasteiger charge is 1.57. The predicted octanol–water partition coefficient (Wildman–Crippen LogP) is 1.02. The van der Waals surface area contributed by atoms with Crippen molar-refractivity contribution < 1.29 is 5.21 Å². The molecular weight excluding hydrogens is 102 g/mol. The van der Waals surface area contributed by atoms with E-state index in [0.717, 1.165) is 0 Å². The van der Waals surface area contributed by atoms with E-state index in [1.54, 1.807) is 0 Å². The van der Waals surface area contributed by atoms with Gasteiger partial charge in [-0.2, -0.15) is 0 Å². The summed E-state index contributed by atoms with van der Waals surface area (Å²) in [6.07, 6.45) is 0. The molecule has 2 nitrogen and oxygen atoms in total. The highest BCUT2D eigenvalue weighted by Crippen LogP contribution is 1.79. The fourth-order valence-electron chi connectivity index (χ4n) is 0.385. The molecule has 0 radical (unpaired) electrons. The summed E-state index contributed by atoms with van der Waals surface area (Å²) in [5.74, 6) is 3.50. The van der Waals surface area contributed by atoms with Gasteiger partial charge in [-0.1, -0.05) is 36.4 Å². The van der Waals surface area contributed by atoms with Gasteiger partial charge in [-0.15, -0.1) is 0 Å². The van der Waals surface area contributed by atoms with Gasteiger partial charge < -0.3 is 5.21 Å². The van der Waals surface area contributed by atoms with Crippen LogP contribution in [0.4, 0.5) is 0 Å². The van der Waals surface area contributed by atoms with Gasteiger partial charge in [-0.25, -0.2) is 5.90 Å². The first-order valence-corrected chi connectivity index (χ1v) is 2.26. The van der Waals surface area contributed by atoms with Crippen LogP contribution in [0.3, 0.4) is 0 Å². The van der Waals surface area contributed by atoms with Crippen LogP contribution in [-0.4, -0.2) is 5.21 Å².